The van der Waals surface area contributed by atoms with Crippen LogP contribution in [0.15, 0.2) is 10.5 Å². The lowest BCUT2D eigenvalue weighted by Gasteiger charge is -2.06. The van der Waals surface area contributed by atoms with Crippen molar-refractivity contribution in [3.8, 4) is 0 Å². The summed E-state index contributed by atoms with van der Waals surface area (Å²) in [6.07, 6.45) is 0.193. The fourth-order valence-electron chi connectivity index (χ4n) is 1.06. The zero-order valence-electron chi connectivity index (χ0n) is 7.21. The average molecular weight is 263 g/mol. The van der Waals surface area contributed by atoms with Crippen LogP contribution in [0.25, 0.3) is 0 Å². The van der Waals surface area contributed by atoms with Gasteiger partial charge in [-0.15, -0.1) is 11.3 Å². The number of nitrogens with two attached hydrogens (primary N) is 2. The Morgan fingerprint density at radius 2 is 2.38 bits per heavy atom. The molecule has 0 aliphatic rings. The van der Waals surface area contributed by atoms with E-state index in [9.17, 15) is 4.79 Å². The highest BCUT2D eigenvalue weighted by molar-refractivity contribution is 9.10. The van der Waals surface area contributed by atoms with Crippen molar-refractivity contribution in [3.05, 3.63) is 20.3 Å². The lowest BCUT2D eigenvalue weighted by molar-refractivity contribution is -0.118. The Hall–Kier alpha value is -0.390. The van der Waals surface area contributed by atoms with Crippen LogP contribution in [-0.4, -0.2) is 5.91 Å². The minimum Gasteiger partial charge on any atom is -0.370 e. The van der Waals surface area contributed by atoms with Gasteiger partial charge in [0.05, 0.1) is 0 Å². The number of thiophene rings is 1. The van der Waals surface area contributed by atoms with E-state index in [-0.39, 0.29) is 18.4 Å². The molecule has 5 heteroatoms. The average Bonchev–Trinajstić information content (AvgIpc) is 2.28. The molecule has 1 aromatic rings. The summed E-state index contributed by atoms with van der Waals surface area (Å²) in [5.74, 6) is -0.370. The highest BCUT2D eigenvalue weighted by Gasteiger charge is 2.14. The van der Waals surface area contributed by atoms with E-state index in [1.807, 2.05) is 13.0 Å². The summed E-state index contributed by atoms with van der Waals surface area (Å²) in [7, 11) is 0. The van der Waals surface area contributed by atoms with Gasteiger partial charge in [0.1, 0.15) is 0 Å². The number of carbonyl (C=O) groups is 1. The number of hydrogen-bond acceptors (Lipinski definition) is 3. The first-order valence-corrected chi connectivity index (χ1v) is 5.41. The quantitative estimate of drug-likeness (QED) is 0.871. The van der Waals surface area contributed by atoms with Crippen molar-refractivity contribution >= 4 is 33.2 Å². The second kappa shape index (κ2) is 4.21. The lowest BCUT2D eigenvalue weighted by Crippen LogP contribution is -2.20. The van der Waals surface area contributed by atoms with Gasteiger partial charge < -0.3 is 11.5 Å². The van der Waals surface area contributed by atoms with Crippen LogP contribution >= 0.6 is 27.3 Å². The maximum atomic E-state index is 10.6. The van der Waals surface area contributed by atoms with E-state index in [4.69, 9.17) is 11.5 Å². The molecule has 1 amide bonds. The van der Waals surface area contributed by atoms with Crippen LogP contribution in [0.3, 0.4) is 0 Å². The standard InChI is InChI=1S/C8H11BrN2OS/c1-4-2-5(9)8(13-4)6(10)3-7(11)12/h2,6H,3,10H2,1H3,(H2,11,12)/t6-/m0/s1. The topological polar surface area (TPSA) is 69.1 Å². The predicted octanol–water partition coefficient (Wildman–Crippen LogP) is 1.69. The van der Waals surface area contributed by atoms with Crippen LogP contribution in [0.1, 0.15) is 22.2 Å². The molecule has 1 heterocycles. The van der Waals surface area contributed by atoms with Gasteiger partial charge in [-0.25, -0.2) is 0 Å². The summed E-state index contributed by atoms with van der Waals surface area (Å²) in [5.41, 5.74) is 10.8. The van der Waals surface area contributed by atoms with E-state index in [1.54, 1.807) is 11.3 Å². The number of hydrogen-bond donors (Lipinski definition) is 2. The predicted molar refractivity (Wildman–Crippen MR) is 57.5 cm³/mol. The van der Waals surface area contributed by atoms with Crippen LogP contribution < -0.4 is 11.5 Å². The number of primary amides is 1. The lowest BCUT2D eigenvalue weighted by atomic mass is 10.2. The molecule has 1 aromatic heterocycles. The number of carbonyl (C=O) groups excluding carboxylic acids is 1. The Labute approximate surface area is 89.2 Å². The molecule has 3 nitrogen and oxygen atoms in total. The van der Waals surface area contributed by atoms with Gasteiger partial charge in [0.2, 0.25) is 5.91 Å². The van der Waals surface area contributed by atoms with Gasteiger partial charge in [-0.3, -0.25) is 4.79 Å². The molecule has 0 aliphatic heterocycles. The van der Waals surface area contributed by atoms with E-state index < -0.39 is 0 Å². The Morgan fingerprint density at radius 3 is 2.77 bits per heavy atom. The van der Waals surface area contributed by atoms with E-state index in [2.05, 4.69) is 15.9 Å². The summed E-state index contributed by atoms with van der Waals surface area (Å²) in [4.78, 5) is 12.8. The van der Waals surface area contributed by atoms with Gasteiger partial charge >= 0.3 is 0 Å². The summed E-state index contributed by atoms with van der Waals surface area (Å²) in [5, 5.41) is 0. The van der Waals surface area contributed by atoms with E-state index in [0.29, 0.717) is 0 Å². The monoisotopic (exact) mass is 262 g/mol. The minimum absolute atomic E-state index is 0.193. The number of rotatable bonds is 3. The molecule has 72 valence electrons. The van der Waals surface area contributed by atoms with Gasteiger partial charge in [0.25, 0.3) is 0 Å². The van der Waals surface area contributed by atoms with Gasteiger partial charge in [-0.1, -0.05) is 0 Å². The molecule has 0 aliphatic carbocycles. The summed E-state index contributed by atoms with van der Waals surface area (Å²) >= 11 is 4.97. The molecule has 0 bridgehead atoms. The minimum atomic E-state index is -0.370. The fourth-order valence-corrected chi connectivity index (χ4v) is 3.01. The first kappa shape index (κ1) is 10.7. The third kappa shape index (κ3) is 2.79. The molecule has 1 rings (SSSR count). The Morgan fingerprint density at radius 1 is 1.77 bits per heavy atom. The maximum Gasteiger partial charge on any atom is 0.219 e. The maximum absolute atomic E-state index is 10.6. The molecular formula is C8H11BrN2OS. The zero-order chi connectivity index (χ0) is 10.0. The van der Waals surface area contributed by atoms with Crippen LogP contribution in [0.4, 0.5) is 0 Å². The van der Waals surface area contributed by atoms with Crippen molar-refractivity contribution in [3.63, 3.8) is 0 Å². The van der Waals surface area contributed by atoms with Crippen molar-refractivity contribution in [2.45, 2.75) is 19.4 Å². The molecule has 1 atom stereocenters. The summed E-state index contributed by atoms with van der Waals surface area (Å²) in [6, 6.07) is 1.70. The van der Waals surface area contributed by atoms with Gasteiger partial charge in [0, 0.05) is 26.7 Å². The Bertz CT molecular complexity index is 324. The largest absolute Gasteiger partial charge is 0.370 e. The normalized spacial score (nSPS) is 12.8. The smallest absolute Gasteiger partial charge is 0.219 e. The molecular weight excluding hydrogens is 252 g/mol. The van der Waals surface area contributed by atoms with Crippen LogP contribution in [0, 0.1) is 6.92 Å². The Kier molecular flexibility index (Phi) is 3.47. The van der Waals surface area contributed by atoms with E-state index in [1.165, 1.54) is 4.88 Å². The van der Waals surface area contributed by atoms with Crippen LogP contribution in [0.5, 0.6) is 0 Å². The third-order valence-electron chi connectivity index (χ3n) is 1.59. The molecule has 0 fully saturated rings. The zero-order valence-corrected chi connectivity index (χ0v) is 9.61. The first-order valence-electron chi connectivity index (χ1n) is 3.80. The van der Waals surface area contributed by atoms with Crippen molar-refractivity contribution in [1.29, 1.82) is 0 Å². The Balaban J connectivity index is 2.81. The van der Waals surface area contributed by atoms with Crippen molar-refractivity contribution in [2.24, 2.45) is 11.5 Å². The molecule has 13 heavy (non-hydrogen) atoms. The van der Waals surface area contributed by atoms with Crippen LogP contribution in [-0.2, 0) is 4.79 Å². The van der Waals surface area contributed by atoms with E-state index in [0.717, 1.165) is 9.35 Å². The molecule has 0 spiro atoms. The van der Waals surface area contributed by atoms with Gasteiger partial charge in [0.15, 0.2) is 0 Å². The van der Waals surface area contributed by atoms with Crippen molar-refractivity contribution in [1.82, 2.24) is 0 Å². The SMILES string of the molecule is Cc1cc(Br)c([C@@H](N)CC(N)=O)s1. The van der Waals surface area contributed by atoms with Gasteiger partial charge in [-0.05, 0) is 28.9 Å². The third-order valence-corrected chi connectivity index (χ3v) is 3.70. The molecule has 0 saturated heterocycles. The highest BCUT2D eigenvalue weighted by atomic mass is 79.9. The number of halogens is 1. The fraction of sp³-hybridized carbons (Fsp3) is 0.375. The van der Waals surface area contributed by atoms with E-state index >= 15 is 0 Å². The summed E-state index contributed by atoms with van der Waals surface area (Å²) in [6.45, 7) is 2.00. The molecule has 0 unspecified atom stereocenters. The second-order valence-electron chi connectivity index (χ2n) is 2.85. The van der Waals surface area contributed by atoms with Crippen LogP contribution in [0.2, 0.25) is 0 Å². The highest BCUT2D eigenvalue weighted by Crippen LogP contribution is 2.32. The molecule has 0 radical (unpaired) electrons. The first-order chi connectivity index (χ1) is 6.00. The summed E-state index contributed by atoms with van der Waals surface area (Å²) < 4.78 is 0.962. The molecule has 4 N–H and O–H groups in total. The van der Waals surface area contributed by atoms with Gasteiger partial charge in [-0.2, -0.15) is 0 Å². The number of amides is 1. The number of aryl methyl sites for hydroxylation is 1. The van der Waals surface area contributed by atoms with Crippen molar-refractivity contribution < 1.29 is 4.79 Å². The second-order valence-corrected chi connectivity index (χ2v) is 4.99. The molecule has 0 aromatic carbocycles. The molecule has 0 saturated carbocycles. The van der Waals surface area contributed by atoms with Crippen molar-refractivity contribution in [2.75, 3.05) is 0 Å².